The molecule has 0 aliphatic carbocycles. The van der Waals surface area contributed by atoms with Crippen molar-refractivity contribution >= 4 is 35.6 Å². The van der Waals surface area contributed by atoms with Crippen molar-refractivity contribution < 1.29 is 9.66 Å². The number of hydrogen-bond acceptors (Lipinski definition) is 5. The Morgan fingerprint density at radius 1 is 1.56 bits per heavy atom. The first-order valence-electron chi connectivity index (χ1n) is 8.26. The van der Waals surface area contributed by atoms with Gasteiger partial charge in [0, 0.05) is 40.4 Å². The van der Waals surface area contributed by atoms with Crippen LogP contribution < -0.4 is 5.32 Å². The Morgan fingerprint density at radius 2 is 2.28 bits per heavy atom. The molecule has 10 heteroatoms. The summed E-state index contributed by atoms with van der Waals surface area (Å²) in [5.41, 5.74) is 0.00737. The van der Waals surface area contributed by atoms with E-state index in [1.165, 1.54) is 12.4 Å². The number of hydrogen-bond donors (Lipinski definition) is 1. The Kier molecular flexibility index (Phi) is 9.71. The molecule has 0 atom stereocenters. The molecule has 142 valence electrons. The van der Waals surface area contributed by atoms with Crippen LogP contribution in [0.2, 0.25) is 0 Å². The number of nitro groups is 1. The van der Waals surface area contributed by atoms with E-state index >= 15 is 0 Å². The normalized spacial score (nSPS) is 15.5. The van der Waals surface area contributed by atoms with Gasteiger partial charge in [0.05, 0.1) is 11.5 Å². The van der Waals surface area contributed by atoms with Gasteiger partial charge in [-0.25, -0.2) is 0 Å². The molecule has 0 amide bonds. The van der Waals surface area contributed by atoms with Gasteiger partial charge < -0.3 is 15.0 Å². The minimum atomic E-state index is -0.445. The van der Waals surface area contributed by atoms with Gasteiger partial charge in [-0.1, -0.05) is 0 Å². The summed E-state index contributed by atoms with van der Waals surface area (Å²) in [4.78, 5) is 16.6. The van der Waals surface area contributed by atoms with E-state index in [-0.39, 0.29) is 29.7 Å². The first-order chi connectivity index (χ1) is 11.6. The maximum absolute atomic E-state index is 10.6. The number of aliphatic imine (C=N–C) groups is 1. The Bertz CT molecular complexity index is 559. The van der Waals surface area contributed by atoms with E-state index in [1.807, 2.05) is 7.05 Å². The highest BCUT2D eigenvalue weighted by molar-refractivity contribution is 14.0. The van der Waals surface area contributed by atoms with E-state index in [2.05, 4.69) is 20.3 Å². The van der Waals surface area contributed by atoms with Gasteiger partial charge in [0.15, 0.2) is 5.96 Å². The van der Waals surface area contributed by atoms with Crippen LogP contribution in [0.5, 0.6) is 0 Å². The van der Waals surface area contributed by atoms with Crippen molar-refractivity contribution in [2.24, 2.45) is 10.9 Å². The molecule has 0 bridgehead atoms. The number of halogens is 1. The first-order valence-corrected chi connectivity index (χ1v) is 8.26. The second kappa shape index (κ2) is 11.2. The van der Waals surface area contributed by atoms with Gasteiger partial charge >= 0.3 is 5.69 Å². The standard InChI is InChI=1S/C15H26N6O3.HI/c1-16-15(19(2)7-3-13-4-9-24-10-5-13)17-6-8-20-12-14(11-18-20)21(22)23;/h11-13H,3-10H2,1-2H3,(H,16,17);1H. The van der Waals surface area contributed by atoms with E-state index in [0.29, 0.717) is 13.1 Å². The predicted molar refractivity (Wildman–Crippen MR) is 106 cm³/mol. The van der Waals surface area contributed by atoms with E-state index in [9.17, 15) is 10.1 Å². The number of rotatable bonds is 7. The summed E-state index contributed by atoms with van der Waals surface area (Å²) in [5, 5.41) is 17.9. The molecule has 9 nitrogen and oxygen atoms in total. The quantitative estimate of drug-likeness (QED) is 0.216. The number of guanidine groups is 1. The fourth-order valence-electron chi connectivity index (χ4n) is 2.75. The van der Waals surface area contributed by atoms with Crippen LogP contribution in [-0.2, 0) is 11.3 Å². The summed E-state index contributed by atoms with van der Waals surface area (Å²) in [6.07, 6.45) is 6.09. The molecule has 0 unspecified atom stereocenters. The third kappa shape index (κ3) is 7.14. The zero-order chi connectivity index (χ0) is 17.4. The lowest BCUT2D eigenvalue weighted by Crippen LogP contribution is -2.41. The van der Waals surface area contributed by atoms with Crippen LogP contribution >= 0.6 is 24.0 Å². The average Bonchev–Trinajstić information content (AvgIpc) is 3.07. The maximum Gasteiger partial charge on any atom is 0.306 e. The number of ether oxygens (including phenoxy) is 1. The first kappa shape index (κ1) is 21.6. The highest BCUT2D eigenvalue weighted by Gasteiger charge is 2.15. The Labute approximate surface area is 165 Å². The zero-order valence-electron chi connectivity index (χ0n) is 14.8. The summed E-state index contributed by atoms with van der Waals surface area (Å²) < 4.78 is 6.94. The molecule has 1 N–H and O–H groups in total. The van der Waals surface area contributed by atoms with E-state index in [0.717, 1.165) is 50.9 Å². The smallest absolute Gasteiger partial charge is 0.306 e. The van der Waals surface area contributed by atoms with Gasteiger partial charge in [0.25, 0.3) is 0 Å². The molecule has 1 aromatic heterocycles. The molecule has 1 aliphatic heterocycles. The number of nitrogens with zero attached hydrogens (tertiary/aromatic N) is 5. The molecule has 25 heavy (non-hydrogen) atoms. The maximum atomic E-state index is 10.6. The summed E-state index contributed by atoms with van der Waals surface area (Å²) in [6, 6.07) is 0. The Hall–Kier alpha value is -1.43. The van der Waals surface area contributed by atoms with Crippen molar-refractivity contribution in [1.29, 1.82) is 0 Å². The molecule has 0 radical (unpaired) electrons. The van der Waals surface area contributed by atoms with Gasteiger partial charge in [-0.15, -0.1) is 24.0 Å². The van der Waals surface area contributed by atoms with Crippen molar-refractivity contribution in [3.8, 4) is 0 Å². The molecule has 0 saturated carbocycles. The Balaban J connectivity index is 0.00000312. The van der Waals surface area contributed by atoms with Gasteiger partial charge in [-0.05, 0) is 25.2 Å². The van der Waals surface area contributed by atoms with Gasteiger partial charge in [0.2, 0.25) is 0 Å². The van der Waals surface area contributed by atoms with Gasteiger partial charge in [-0.2, -0.15) is 5.10 Å². The van der Waals surface area contributed by atoms with Crippen LogP contribution in [0, 0.1) is 16.0 Å². The Morgan fingerprint density at radius 3 is 2.88 bits per heavy atom. The molecular weight excluding hydrogens is 439 g/mol. The van der Waals surface area contributed by atoms with Crippen molar-refractivity contribution in [1.82, 2.24) is 20.0 Å². The number of aromatic nitrogens is 2. The molecule has 2 rings (SSSR count). The molecule has 0 spiro atoms. The van der Waals surface area contributed by atoms with Crippen LogP contribution in [0.15, 0.2) is 17.4 Å². The lowest BCUT2D eigenvalue weighted by atomic mass is 9.96. The predicted octanol–water partition coefficient (Wildman–Crippen LogP) is 1.73. The highest BCUT2D eigenvalue weighted by Crippen LogP contribution is 2.18. The van der Waals surface area contributed by atoms with Gasteiger partial charge in [0.1, 0.15) is 12.4 Å². The van der Waals surface area contributed by atoms with Gasteiger partial charge in [-0.3, -0.25) is 19.8 Å². The molecule has 1 fully saturated rings. The van der Waals surface area contributed by atoms with Crippen LogP contribution in [0.1, 0.15) is 19.3 Å². The molecule has 1 aliphatic rings. The molecule has 2 heterocycles. The zero-order valence-corrected chi connectivity index (χ0v) is 17.1. The van der Waals surface area contributed by atoms with Crippen LogP contribution in [0.3, 0.4) is 0 Å². The highest BCUT2D eigenvalue weighted by atomic mass is 127. The third-order valence-corrected chi connectivity index (χ3v) is 4.24. The molecular formula is C15H27IN6O3. The van der Waals surface area contributed by atoms with Crippen molar-refractivity contribution in [3.05, 3.63) is 22.5 Å². The topological polar surface area (TPSA) is 97.8 Å². The summed E-state index contributed by atoms with van der Waals surface area (Å²) in [5.74, 6) is 1.55. The lowest BCUT2D eigenvalue weighted by Gasteiger charge is -2.26. The van der Waals surface area contributed by atoms with E-state index < -0.39 is 4.92 Å². The van der Waals surface area contributed by atoms with E-state index in [1.54, 1.807) is 11.7 Å². The van der Waals surface area contributed by atoms with Crippen LogP contribution in [0.25, 0.3) is 0 Å². The fraction of sp³-hybridized carbons (Fsp3) is 0.733. The minimum Gasteiger partial charge on any atom is -0.381 e. The van der Waals surface area contributed by atoms with Crippen LogP contribution in [0.4, 0.5) is 5.69 Å². The SMILES string of the molecule is CN=C(NCCn1cc([N+](=O)[O-])cn1)N(C)CCC1CCOCC1.I. The number of nitrogens with one attached hydrogen (secondary N) is 1. The summed E-state index contributed by atoms with van der Waals surface area (Å²) in [7, 11) is 3.78. The fourth-order valence-corrected chi connectivity index (χ4v) is 2.75. The largest absolute Gasteiger partial charge is 0.381 e. The van der Waals surface area contributed by atoms with E-state index in [4.69, 9.17) is 4.74 Å². The minimum absolute atomic E-state index is 0. The average molecular weight is 466 g/mol. The monoisotopic (exact) mass is 466 g/mol. The van der Waals surface area contributed by atoms with Crippen molar-refractivity contribution in [3.63, 3.8) is 0 Å². The summed E-state index contributed by atoms with van der Waals surface area (Å²) >= 11 is 0. The second-order valence-electron chi connectivity index (χ2n) is 5.96. The van der Waals surface area contributed by atoms with Crippen molar-refractivity contribution in [2.45, 2.75) is 25.8 Å². The van der Waals surface area contributed by atoms with Crippen LogP contribution in [-0.4, -0.2) is 66.0 Å². The lowest BCUT2D eigenvalue weighted by molar-refractivity contribution is -0.385. The summed E-state index contributed by atoms with van der Waals surface area (Å²) in [6.45, 7) is 3.83. The molecule has 1 saturated heterocycles. The molecule has 0 aromatic carbocycles. The third-order valence-electron chi connectivity index (χ3n) is 4.24. The second-order valence-corrected chi connectivity index (χ2v) is 5.96. The molecule has 1 aromatic rings. The van der Waals surface area contributed by atoms with Crippen molar-refractivity contribution in [2.75, 3.05) is 40.4 Å².